The highest BCUT2D eigenvalue weighted by atomic mass is 16.5. The topological polar surface area (TPSA) is 124 Å². The van der Waals surface area contributed by atoms with Gasteiger partial charge in [0, 0.05) is 18.7 Å². The van der Waals surface area contributed by atoms with Crippen molar-refractivity contribution in [3.8, 4) is 6.07 Å². The molecule has 9 heteroatoms. The van der Waals surface area contributed by atoms with Crippen LogP contribution in [0.3, 0.4) is 0 Å². The molecule has 1 aromatic carbocycles. The lowest BCUT2D eigenvalue weighted by Gasteiger charge is -2.28. The average Bonchev–Trinajstić information content (AvgIpc) is 3.57. The summed E-state index contributed by atoms with van der Waals surface area (Å²) in [5, 5.41) is 19.0. The quantitative estimate of drug-likeness (QED) is 0.549. The molecule has 3 N–H and O–H groups in total. The minimum Gasteiger partial charge on any atom is -0.500 e. The average molecular weight is 502 g/mol. The van der Waals surface area contributed by atoms with Gasteiger partial charge in [0.2, 0.25) is 11.8 Å². The van der Waals surface area contributed by atoms with E-state index < -0.39 is 17.5 Å². The molecule has 37 heavy (non-hydrogen) atoms. The second-order valence-electron chi connectivity index (χ2n) is 10.5. The summed E-state index contributed by atoms with van der Waals surface area (Å²) in [5.74, 6) is -0.170. The zero-order valence-electron chi connectivity index (χ0n) is 21.2. The standard InChI is InChI=1S/C28H31N5O4/c1-16(2)11-23(31-25(34)22-12-18-20(30-22)9-6-10-24(18)37-3)26(35)33-15-28(13-17(33)14-29)19-7-4-5-8-21(19)32-27(28)36/h4-10,12,16-18,20,23,30H,11,13,15H2,1-3H3,(H,31,34)(H,32,36)/t17-,18?,20?,23+,28-/m0/s1. The Labute approximate surface area is 216 Å². The van der Waals surface area contributed by atoms with Crippen LogP contribution in [0.1, 0.15) is 32.3 Å². The van der Waals surface area contributed by atoms with Gasteiger partial charge >= 0.3 is 0 Å². The Morgan fingerprint density at radius 1 is 1.32 bits per heavy atom. The van der Waals surface area contributed by atoms with E-state index >= 15 is 0 Å². The van der Waals surface area contributed by atoms with Crippen LogP contribution in [0.5, 0.6) is 0 Å². The van der Waals surface area contributed by atoms with Crippen LogP contribution < -0.4 is 16.0 Å². The molecule has 2 unspecified atom stereocenters. The fraction of sp³-hybridized carbons (Fsp3) is 0.429. The predicted octanol–water partition coefficient (Wildman–Crippen LogP) is 2.10. The van der Waals surface area contributed by atoms with Crippen LogP contribution in [0.4, 0.5) is 5.69 Å². The van der Waals surface area contributed by atoms with Crippen LogP contribution in [0, 0.1) is 23.2 Å². The van der Waals surface area contributed by atoms with E-state index in [0.717, 1.165) is 11.3 Å². The van der Waals surface area contributed by atoms with Gasteiger partial charge in [-0.2, -0.15) is 5.26 Å². The molecule has 1 aliphatic carbocycles. The Balaban J connectivity index is 1.37. The number of likely N-dealkylation sites (tertiary alicyclic amines) is 1. The summed E-state index contributed by atoms with van der Waals surface area (Å²) < 4.78 is 5.45. The molecule has 5 rings (SSSR count). The van der Waals surface area contributed by atoms with E-state index in [0.29, 0.717) is 17.8 Å². The van der Waals surface area contributed by atoms with E-state index in [2.05, 4.69) is 22.0 Å². The van der Waals surface area contributed by atoms with Crippen molar-refractivity contribution >= 4 is 23.4 Å². The van der Waals surface area contributed by atoms with E-state index in [9.17, 15) is 19.6 Å². The fourth-order valence-electron chi connectivity index (χ4n) is 5.87. The number of rotatable bonds is 6. The van der Waals surface area contributed by atoms with Gasteiger partial charge in [-0.1, -0.05) is 44.2 Å². The molecule has 192 valence electrons. The van der Waals surface area contributed by atoms with E-state index in [-0.39, 0.29) is 48.6 Å². The third-order valence-electron chi connectivity index (χ3n) is 7.67. The maximum absolute atomic E-state index is 13.9. The van der Waals surface area contributed by atoms with Gasteiger partial charge in [-0.05, 0) is 36.1 Å². The summed E-state index contributed by atoms with van der Waals surface area (Å²) in [6.07, 6.45) is 8.15. The van der Waals surface area contributed by atoms with Gasteiger partial charge in [0.15, 0.2) is 0 Å². The first-order valence-corrected chi connectivity index (χ1v) is 12.6. The van der Waals surface area contributed by atoms with Gasteiger partial charge in [-0.3, -0.25) is 14.4 Å². The monoisotopic (exact) mass is 501 g/mol. The van der Waals surface area contributed by atoms with Gasteiger partial charge in [0.05, 0.1) is 36.3 Å². The maximum Gasteiger partial charge on any atom is 0.267 e. The third kappa shape index (κ3) is 4.16. The first-order chi connectivity index (χ1) is 17.8. The first kappa shape index (κ1) is 24.6. The zero-order chi connectivity index (χ0) is 26.3. The Kier molecular flexibility index (Phi) is 6.28. The number of para-hydroxylation sites is 1. The molecule has 1 aromatic rings. The van der Waals surface area contributed by atoms with Crippen LogP contribution in [0.15, 0.2) is 60.0 Å². The number of amides is 3. The van der Waals surface area contributed by atoms with Gasteiger partial charge < -0.3 is 25.6 Å². The summed E-state index contributed by atoms with van der Waals surface area (Å²) in [4.78, 5) is 41.7. The van der Waals surface area contributed by atoms with Crippen LogP contribution in [0.25, 0.3) is 0 Å². The smallest absolute Gasteiger partial charge is 0.267 e. The Morgan fingerprint density at radius 3 is 2.84 bits per heavy atom. The molecular weight excluding hydrogens is 470 g/mol. The molecule has 1 saturated heterocycles. The lowest BCUT2D eigenvalue weighted by atomic mass is 9.80. The van der Waals surface area contributed by atoms with Crippen molar-refractivity contribution in [2.24, 2.45) is 11.8 Å². The number of hydrogen-bond acceptors (Lipinski definition) is 6. The molecule has 3 aliphatic heterocycles. The molecule has 3 heterocycles. The van der Waals surface area contributed by atoms with E-state index in [1.54, 1.807) is 7.11 Å². The Hall–Kier alpha value is -4.06. The van der Waals surface area contributed by atoms with Crippen molar-refractivity contribution in [2.75, 3.05) is 19.0 Å². The van der Waals surface area contributed by atoms with Crippen molar-refractivity contribution in [3.05, 3.63) is 65.6 Å². The summed E-state index contributed by atoms with van der Waals surface area (Å²) >= 11 is 0. The summed E-state index contributed by atoms with van der Waals surface area (Å²) in [5.41, 5.74) is 0.923. The summed E-state index contributed by atoms with van der Waals surface area (Å²) in [7, 11) is 1.60. The highest BCUT2D eigenvalue weighted by molar-refractivity contribution is 6.07. The molecule has 0 radical (unpaired) electrons. The second-order valence-corrected chi connectivity index (χ2v) is 10.5. The molecule has 0 saturated carbocycles. The minimum absolute atomic E-state index is 0.0925. The second kappa shape index (κ2) is 9.43. The van der Waals surface area contributed by atoms with Gasteiger partial charge in [-0.15, -0.1) is 0 Å². The molecule has 0 aromatic heterocycles. The molecule has 0 bridgehead atoms. The van der Waals surface area contributed by atoms with Gasteiger partial charge in [0.25, 0.3) is 5.91 Å². The highest BCUT2D eigenvalue weighted by Crippen LogP contribution is 2.46. The number of carbonyl (C=O) groups is 3. The van der Waals surface area contributed by atoms with Crippen molar-refractivity contribution in [2.45, 2.75) is 50.2 Å². The Bertz CT molecular complexity index is 1280. The number of nitrogens with zero attached hydrogens (tertiary/aromatic N) is 2. The largest absolute Gasteiger partial charge is 0.500 e. The van der Waals surface area contributed by atoms with Crippen LogP contribution >= 0.6 is 0 Å². The number of carbonyl (C=O) groups excluding carboxylic acids is 3. The Morgan fingerprint density at radius 2 is 2.11 bits per heavy atom. The number of ether oxygens (including phenoxy) is 1. The van der Waals surface area contributed by atoms with E-state index in [1.807, 2.05) is 62.4 Å². The van der Waals surface area contributed by atoms with Crippen LogP contribution in [0.2, 0.25) is 0 Å². The number of fused-ring (bicyclic) bond motifs is 3. The van der Waals surface area contributed by atoms with Crippen molar-refractivity contribution < 1.29 is 19.1 Å². The highest BCUT2D eigenvalue weighted by Gasteiger charge is 2.56. The molecule has 4 aliphatic rings. The molecule has 5 atom stereocenters. The van der Waals surface area contributed by atoms with Crippen LogP contribution in [-0.2, 0) is 24.5 Å². The third-order valence-corrected chi connectivity index (χ3v) is 7.67. The molecule has 9 nitrogen and oxygen atoms in total. The first-order valence-electron chi connectivity index (χ1n) is 12.6. The molecule has 1 spiro atoms. The number of allylic oxidation sites excluding steroid dienone is 2. The fourth-order valence-corrected chi connectivity index (χ4v) is 5.87. The molecular formula is C28H31N5O4. The SMILES string of the molecule is COC1=CC=CC2NC(C(=O)N[C@H](CC(C)C)C(=O)N3C[C@]4(C[C@H]3C#N)C(=O)Nc3ccccc34)=CC12. The van der Waals surface area contributed by atoms with E-state index in [4.69, 9.17) is 4.74 Å². The normalized spacial score (nSPS) is 28.0. The van der Waals surface area contributed by atoms with Crippen molar-refractivity contribution in [3.63, 3.8) is 0 Å². The van der Waals surface area contributed by atoms with Crippen LogP contribution in [-0.4, -0.2) is 54.4 Å². The predicted molar refractivity (Wildman–Crippen MR) is 137 cm³/mol. The number of anilines is 1. The number of nitriles is 1. The molecule has 1 fully saturated rings. The lowest BCUT2D eigenvalue weighted by Crippen LogP contribution is -2.52. The lowest BCUT2D eigenvalue weighted by molar-refractivity contribution is -0.136. The van der Waals surface area contributed by atoms with E-state index in [1.165, 1.54) is 4.90 Å². The number of benzene rings is 1. The van der Waals surface area contributed by atoms with Gasteiger partial charge in [-0.25, -0.2) is 0 Å². The number of methoxy groups -OCH3 is 1. The number of nitrogens with one attached hydrogen (secondary N) is 3. The number of hydrogen-bond donors (Lipinski definition) is 3. The summed E-state index contributed by atoms with van der Waals surface area (Å²) in [6, 6.07) is 7.91. The van der Waals surface area contributed by atoms with Crippen molar-refractivity contribution in [1.82, 2.24) is 15.5 Å². The molecule has 3 amide bonds. The summed E-state index contributed by atoms with van der Waals surface area (Å²) in [6.45, 7) is 4.04. The zero-order valence-corrected chi connectivity index (χ0v) is 21.2. The van der Waals surface area contributed by atoms with Gasteiger partial charge in [0.1, 0.15) is 17.8 Å². The van der Waals surface area contributed by atoms with Crippen molar-refractivity contribution in [1.29, 1.82) is 5.26 Å². The maximum atomic E-state index is 13.9. The minimum atomic E-state index is -0.973.